The second kappa shape index (κ2) is 9.82. The molecule has 4 aromatic rings. The van der Waals surface area contributed by atoms with E-state index in [4.69, 9.17) is 4.74 Å². The molecule has 0 atom stereocenters. The number of imide groups is 1. The number of rotatable bonds is 6. The first kappa shape index (κ1) is 24.7. The summed E-state index contributed by atoms with van der Waals surface area (Å²) < 4.78 is 6.05. The van der Waals surface area contributed by atoms with Crippen LogP contribution in [-0.2, 0) is 0 Å². The largest absolute Gasteiger partial charge is 0.497 e. The van der Waals surface area contributed by atoms with Crippen LogP contribution in [0, 0.1) is 13.8 Å². The van der Waals surface area contributed by atoms with Crippen molar-refractivity contribution in [3.05, 3.63) is 105 Å². The number of ether oxygens (including phenoxy) is 1. The Morgan fingerprint density at radius 2 is 1.62 bits per heavy atom. The number of halogens is 1. The van der Waals surface area contributed by atoms with Crippen molar-refractivity contribution in [2.45, 2.75) is 13.8 Å². The number of aryl methyl sites for hydroxylation is 2. The molecule has 6 nitrogen and oxygen atoms in total. The van der Waals surface area contributed by atoms with Crippen molar-refractivity contribution >= 4 is 50.1 Å². The van der Waals surface area contributed by atoms with Crippen LogP contribution in [0.1, 0.15) is 42.2 Å². The number of methoxy groups -OCH3 is 1. The first-order valence-corrected chi connectivity index (χ1v) is 12.7. The zero-order valence-corrected chi connectivity index (χ0v) is 22.3. The van der Waals surface area contributed by atoms with Gasteiger partial charge in [-0.2, -0.15) is 0 Å². The van der Waals surface area contributed by atoms with Gasteiger partial charge in [-0.15, -0.1) is 0 Å². The van der Waals surface area contributed by atoms with Gasteiger partial charge in [-0.3, -0.25) is 19.3 Å². The number of amides is 3. The molecule has 0 aromatic heterocycles. The van der Waals surface area contributed by atoms with Gasteiger partial charge >= 0.3 is 0 Å². The van der Waals surface area contributed by atoms with Crippen molar-refractivity contribution in [1.29, 1.82) is 0 Å². The molecular weight excluding hydrogens is 532 g/mol. The number of benzene rings is 4. The Kier molecular flexibility index (Phi) is 6.56. The summed E-state index contributed by atoms with van der Waals surface area (Å²) in [5.41, 5.74) is 4.18. The fraction of sp³-hybridized carbons (Fsp3) is 0.167. The van der Waals surface area contributed by atoms with Crippen LogP contribution < -0.4 is 9.64 Å². The van der Waals surface area contributed by atoms with Gasteiger partial charge < -0.3 is 9.64 Å². The van der Waals surface area contributed by atoms with Crippen molar-refractivity contribution < 1.29 is 19.1 Å². The third-order valence-electron chi connectivity index (χ3n) is 6.71. The van der Waals surface area contributed by atoms with E-state index in [1.807, 2.05) is 50.2 Å². The third kappa shape index (κ3) is 4.40. The van der Waals surface area contributed by atoms with Crippen LogP contribution in [0.25, 0.3) is 10.8 Å². The Bertz CT molecular complexity index is 1540. The number of hydrogen-bond acceptors (Lipinski definition) is 4. The van der Waals surface area contributed by atoms with E-state index in [1.54, 1.807) is 48.4 Å². The summed E-state index contributed by atoms with van der Waals surface area (Å²) in [7, 11) is 1.57. The van der Waals surface area contributed by atoms with Crippen molar-refractivity contribution in [3.8, 4) is 5.75 Å². The Labute approximate surface area is 223 Å². The van der Waals surface area contributed by atoms with E-state index in [0.717, 1.165) is 26.7 Å². The molecule has 0 saturated carbocycles. The van der Waals surface area contributed by atoms with Crippen molar-refractivity contribution in [3.63, 3.8) is 0 Å². The molecule has 7 heteroatoms. The number of carbonyl (C=O) groups is 3. The van der Waals surface area contributed by atoms with Crippen molar-refractivity contribution in [2.24, 2.45) is 0 Å². The molecule has 0 bridgehead atoms. The van der Waals surface area contributed by atoms with Crippen LogP contribution in [0.15, 0.2) is 77.3 Å². The maximum atomic E-state index is 13.7. The number of hydrogen-bond donors (Lipinski definition) is 0. The van der Waals surface area contributed by atoms with Crippen LogP contribution in [0.5, 0.6) is 5.75 Å². The molecule has 1 aliphatic heterocycles. The maximum Gasteiger partial charge on any atom is 0.261 e. The Hall–Kier alpha value is -3.97. The van der Waals surface area contributed by atoms with Crippen LogP contribution in [0.2, 0.25) is 0 Å². The highest BCUT2D eigenvalue weighted by molar-refractivity contribution is 9.10. The van der Waals surface area contributed by atoms with Gasteiger partial charge in [-0.25, -0.2) is 0 Å². The second-order valence-electron chi connectivity index (χ2n) is 9.06. The number of anilines is 1. The van der Waals surface area contributed by atoms with E-state index < -0.39 is 0 Å². The molecule has 0 N–H and O–H groups in total. The fourth-order valence-electron chi connectivity index (χ4n) is 4.84. The molecule has 1 aliphatic rings. The summed E-state index contributed by atoms with van der Waals surface area (Å²) in [4.78, 5) is 43.5. The second-order valence-corrected chi connectivity index (χ2v) is 9.91. The van der Waals surface area contributed by atoms with E-state index in [2.05, 4.69) is 15.9 Å². The molecule has 0 saturated heterocycles. The average Bonchev–Trinajstić information content (AvgIpc) is 2.90. The van der Waals surface area contributed by atoms with Gasteiger partial charge in [0, 0.05) is 45.3 Å². The maximum absolute atomic E-state index is 13.7. The Morgan fingerprint density at radius 1 is 0.919 bits per heavy atom. The molecule has 4 aromatic carbocycles. The summed E-state index contributed by atoms with van der Waals surface area (Å²) in [6.07, 6.45) is 0. The summed E-state index contributed by atoms with van der Waals surface area (Å²) in [6, 6.07) is 21.8. The quantitative estimate of drug-likeness (QED) is 0.266. The summed E-state index contributed by atoms with van der Waals surface area (Å²) in [6.45, 7) is 4.14. The SMILES string of the molecule is COc1ccc(C(=O)N(CCN2C(=O)c3cccc4c(Br)ccc(c34)C2=O)c2ccc(C)cc2C)cc1. The van der Waals surface area contributed by atoms with Crippen molar-refractivity contribution in [2.75, 3.05) is 25.1 Å². The predicted octanol–water partition coefficient (Wildman–Crippen LogP) is 6.17. The predicted molar refractivity (Wildman–Crippen MR) is 148 cm³/mol. The van der Waals surface area contributed by atoms with Crippen LogP contribution in [0.3, 0.4) is 0 Å². The van der Waals surface area contributed by atoms with Crippen molar-refractivity contribution in [1.82, 2.24) is 4.90 Å². The minimum Gasteiger partial charge on any atom is -0.497 e. The normalized spacial score (nSPS) is 12.7. The van der Waals surface area contributed by atoms with E-state index in [0.29, 0.717) is 27.8 Å². The Morgan fingerprint density at radius 3 is 2.30 bits per heavy atom. The van der Waals surface area contributed by atoms with Gasteiger partial charge in [0.15, 0.2) is 0 Å². The van der Waals surface area contributed by atoms with E-state index in [9.17, 15) is 14.4 Å². The zero-order valence-electron chi connectivity index (χ0n) is 20.7. The van der Waals surface area contributed by atoms with Gasteiger partial charge in [0.1, 0.15) is 5.75 Å². The molecule has 0 aliphatic carbocycles. The summed E-state index contributed by atoms with van der Waals surface area (Å²) >= 11 is 3.52. The molecule has 0 radical (unpaired) electrons. The highest BCUT2D eigenvalue weighted by Crippen LogP contribution is 2.34. The molecule has 1 heterocycles. The summed E-state index contributed by atoms with van der Waals surface area (Å²) in [5, 5.41) is 1.48. The zero-order chi connectivity index (χ0) is 26.3. The van der Waals surface area contributed by atoms with E-state index in [1.165, 1.54) is 4.90 Å². The monoisotopic (exact) mass is 556 g/mol. The summed E-state index contributed by atoms with van der Waals surface area (Å²) in [5.74, 6) is -0.297. The van der Waals surface area contributed by atoms with E-state index >= 15 is 0 Å². The first-order valence-electron chi connectivity index (χ1n) is 11.9. The topological polar surface area (TPSA) is 66.9 Å². The lowest BCUT2D eigenvalue weighted by molar-refractivity contribution is 0.0611. The standard InChI is InChI=1S/C30H25BrN2O4/c1-18-7-14-26(19(2)17-18)32(28(34)20-8-10-21(37-3)11-9-20)15-16-33-29(35)23-6-4-5-22-25(31)13-12-24(27(22)23)30(33)36/h4-14,17H,15-16H2,1-3H3. The Balaban J connectivity index is 1.49. The van der Waals surface area contributed by atoms with Crippen LogP contribution >= 0.6 is 15.9 Å². The molecule has 5 rings (SSSR count). The molecular formula is C30H25BrN2O4. The molecule has 0 fully saturated rings. The molecule has 0 spiro atoms. The number of carbonyl (C=O) groups excluding carboxylic acids is 3. The van der Waals surface area contributed by atoms with Crippen LogP contribution in [-0.4, -0.2) is 42.8 Å². The lowest BCUT2D eigenvalue weighted by Gasteiger charge is -2.31. The van der Waals surface area contributed by atoms with E-state index in [-0.39, 0.29) is 30.8 Å². The van der Waals surface area contributed by atoms with Gasteiger partial charge in [-0.1, -0.05) is 45.8 Å². The molecule has 3 amide bonds. The fourth-order valence-corrected chi connectivity index (χ4v) is 5.31. The van der Waals surface area contributed by atoms with Gasteiger partial charge in [0.05, 0.1) is 7.11 Å². The highest BCUT2D eigenvalue weighted by Gasteiger charge is 2.34. The minimum atomic E-state index is -0.362. The minimum absolute atomic E-state index is 0.0543. The third-order valence-corrected chi connectivity index (χ3v) is 7.40. The number of nitrogens with zero attached hydrogens (tertiary/aromatic N) is 2. The smallest absolute Gasteiger partial charge is 0.261 e. The van der Waals surface area contributed by atoms with Crippen LogP contribution in [0.4, 0.5) is 5.69 Å². The van der Waals surface area contributed by atoms with Gasteiger partial charge in [-0.05, 0) is 73.3 Å². The molecule has 186 valence electrons. The highest BCUT2D eigenvalue weighted by atomic mass is 79.9. The molecule has 37 heavy (non-hydrogen) atoms. The lowest BCUT2D eigenvalue weighted by Crippen LogP contribution is -2.46. The van der Waals surface area contributed by atoms with Gasteiger partial charge in [0.25, 0.3) is 17.7 Å². The lowest BCUT2D eigenvalue weighted by atomic mass is 9.94. The molecule has 0 unspecified atom stereocenters. The van der Waals surface area contributed by atoms with Gasteiger partial charge in [0.2, 0.25) is 0 Å². The average molecular weight is 557 g/mol. The first-order chi connectivity index (χ1) is 17.8.